The summed E-state index contributed by atoms with van der Waals surface area (Å²) in [6, 6.07) is 0. The number of imidazole rings is 1. The Kier molecular flexibility index (Phi) is 4.22. The van der Waals surface area contributed by atoms with Gasteiger partial charge >= 0.3 is 0 Å². The Balaban J connectivity index is 0.00000161. The lowest BCUT2D eigenvalue weighted by molar-refractivity contribution is -0.0511. The van der Waals surface area contributed by atoms with Crippen LogP contribution in [-0.2, 0) is 4.74 Å². The molecule has 21 heavy (non-hydrogen) atoms. The predicted molar refractivity (Wildman–Crippen MR) is 73.7 cm³/mol. The van der Waals surface area contributed by atoms with Crippen LogP contribution >= 0.6 is 12.2 Å². The summed E-state index contributed by atoms with van der Waals surface area (Å²) in [6.07, 6.45) is -2.77. The average molecular weight is 317 g/mol. The summed E-state index contributed by atoms with van der Waals surface area (Å²) >= 11 is 5.05. The number of aliphatic hydroxyl groups is 3. The van der Waals surface area contributed by atoms with E-state index in [1.165, 1.54) is 10.9 Å². The number of nitrogens with one attached hydrogen (secondary N) is 1. The summed E-state index contributed by atoms with van der Waals surface area (Å²) in [6.45, 7) is -0.402. The molecule has 8 N–H and O–H groups in total. The molecule has 0 saturated carbocycles. The quantitative estimate of drug-likeness (QED) is 0.390. The van der Waals surface area contributed by atoms with Crippen LogP contribution in [0.2, 0.25) is 0 Å². The number of rotatable bonds is 2. The Bertz CT molecular complexity index is 703. The second-order valence-corrected chi connectivity index (χ2v) is 4.89. The number of fused-ring (bicyclic) bond motifs is 1. The van der Waals surface area contributed by atoms with E-state index in [0.717, 1.165) is 0 Å². The standard InChI is InChI=1S/C10H13N5O4S.H2O/c11-10-13-7-4(8(20)14-10)12-2-15(7)9-6(18)5(17)3(1-16)19-9;/h2-3,5-6,9,16-18H,1H2,(H3,11,13,14,20);1H2/t3-,5+,6-,9-;/m1./s1. The van der Waals surface area contributed by atoms with Gasteiger partial charge in [0.1, 0.15) is 29.5 Å². The zero-order valence-corrected chi connectivity index (χ0v) is 11.5. The lowest BCUT2D eigenvalue weighted by Crippen LogP contribution is -2.33. The van der Waals surface area contributed by atoms with E-state index in [9.17, 15) is 10.2 Å². The van der Waals surface area contributed by atoms with Gasteiger partial charge in [-0.25, -0.2) is 9.97 Å². The van der Waals surface area contributed by atoms with E-state index in [1.807, 2.05) is 0 Å². The second kappa shape index (κ2) is 5.63. The molecule has 0 bridgehead atoms. The van der Waals surface area contributed by atoms with Crippen LogP contribution in [0.25, 0.3) is 11.2 Å². The molecule has 0 unspecified atom stereocenters. The SMILES string of the molecule is Nc1nc(=S)c2ncn([C@@H]3O[C@H](CO)[C@H](O)[C@H]3O)c2[nH]1.O. The number of nitrogen functional groups attached to an aromatic ring is 1. The minimum Gasteiger partial charge on any atom is -0.412 e. The molecular formula is C10H15N5O5S. The highest BCUT2D eigenvalue weighted by Crippen LogP contribution is 2.31. The summed E-state index contributed by atoms with van der Waals surface area (Å²) in [5.74, 6) is 0.107. The van der Waals surface area contributed by atoms with Gasteiger partial charge in [0.15, 0.2) is 16.8 Å². The largest absolute Gasteiger partial charge is 0.412 e. The van der Waals surface area contributed by atoms with Crippen LogP contribution in [-0.4, -0.2) is 65.2 Å². The Morgan fingerprint density at radius 3 is 2.76 bits per heavy atom. The van der Waals surface area contributed by atoms with Gasteiger partial charge in [0, 0.05) is 0 Å². The van der Waals surface area contributed by atoms with Crippen LogP contribution in [0, 0.1) is 4.64 Å². The molecule has 3 rings (SSSR count). The third-order valence-electron chi connectivity index (χ3n) is 3.26. The maximum absolute atomic E-state index is 10.0. The smallest absolute Gasteiger partial charge is 0.200 e. The molecule has 2 aromatic heterocycles. The molecule has 0 spiro atoms. The molecule has 0 amide bonds. The Morgan fingerprint density at radius 2 is 2.14 bits per heavy atom. The van der Waals surface area contributed by atoms with Gasteiger partial charge in [0.2, 0.25) is 0 Å². The van der Waals surface area contributed by atoms with Gasteiger partial charge in [-0.3, -0.25) is 4.57 Å². The molecule has 1 saturated heterocycles. The number of ether oxygens (including phenoxy) is 1. The van der Waals surface area contributed by atoms with Crippen molar-refractivity contribution in [3.8, 4) is 0 Å². The molecule has 0 aliphatic carbocycles. The molecule has 10 nitrogen and oxygen atoms in total. The zero-order valence-electron chi connectivity index (χ0n) is 10.7. The van der Waals surface area contributed by atoms with Gasteiger partial charge in [-0.05, 0) is 0 Å². The van der Waals surface area contributed by atoms with Crippen LogP contribution in [0.1, 0.15) is 6.23 Å². The van der Waals surface area contributed by atoms with E-state index in [1.54, 1.807) is 0 Å². The normalized spacial score (nSPS) is 28.7. The molecule has 0 aromatic carbocycles. The third kappa shape index (κ3) is 2.39. The van der Waals surface area contributed by atoms with Crippen molar-refractivity contribution in [2.45, 2.75) is 24.5 Å². The van der Waals surface area contributed by atoms with Gasteiger partial charge in [0.05, 0.1) is 12.9 Å². The molecule has 1 fully saturated rings. The summed E-state index contributed by atoms with van der Waals surface area (Å²) < 4.78 is 7.11. The van der Waals surface area contributed by atoms with Crippen LogP contribution in [0.4, 0.5) is 5.95 Å². The Hall–Kier alpha value is -1.63. The summed E-state index contributed by atoms with van der Waals surface area (Å²) in [4.78, 5) is 10.8. The van der Waals surface area contributed by atoms with Crippen molar-refractivity contribution in [3.05, 3.63) is 11.0 Å². The van der Waals surface area contributed by atoms with Crippen LogP contribution in [0.15, 0.2) is 6.33 Å². The number of H-pyrrole nitrogens is 1. The number of anilines is 1. The number of aromatic nitrogens is 4. The third-order valence-corrected chi connectivity index (χ3v) is 3.54. The summed E-state index contributed by atoms with van der Waals surface area (Å²) in [5.41, 5.74) is 6.44. The number of hydrogen-bond donors (Lipinski definition) is 5. The van der Waals surface area contributed by atoms with Crippen LogP contribution in [0.3, 0.4) is 0 Å². The van der Waals surface area contributed by atoms with Gasteiger partial charge < -0.3 is 36.3 Å². The van der Waals surface area contributed by atoms with Crippen LogP contribution in [0.5, 0.6) is 0 Å². The highest BCUT2D eigenvalue weighted by molar-refractivity contribution is 7.71. The zero-order chi connectivity index (χ0) is 14.4. The van der Waals surface area contributed by atoms with Crippen molar-refractivity contribution < 1.29 is 25.5 Å². The van der Waals surface area contributed by atoms with E-state index in [2.05, 4.69) is 15.0 Å². The van der Waals surface area contributed by atoms with Gasteiger partial charge in [0.25, 0.3) is 0 Å². The Morgan fingerprint density at radius 1 is 1.43 bits per heavy atom. The molecule has 3 heterocycles. The Labute approximate surface area is 123 Å². The second-order valence-electron chi connectivity index (χ2n) is 4.51. The molecule has 4 atom stereocenters. The minimum atomic E-state index is -1.21. The maximum Gasteiger partial charge on any atom is 0.200 e. The first kappa shape index (κ1) is 15.8. The molecule has 1 aliphatic rings. The molecule has 116 valence electrons. The lowest BCUT2D eigenvalue weighted by Gasteiger charge is -2.16. The fourth-order valence-electron chi connectivity index (χ4n) is 2.26. The monoisotopic (exact) mass is 317 g/mol. The van der Waals surface area contributed by atoms with Crippen molar-refractivity contribution in [2.24, 2.45) is 0 Å². The average Bonchev–Trinajstić information content (AvgIpc) is 2.93. The van der Waals surface area contributed by atoms with Crippen molar-refractivity contribution in [1.82, 2.24) is 19.5 Å². The molecule has 2 aromatic rings. The predicted octanol–water partition coefficient (Wildman–Crippen LogP) is -2.14. The van der Waals surface area contributed by atoms with Crippen molar-refractivity contribution in [1.29, 1.82) is 0 Å². The van der Waals surface area contributed by atoms with Gasteiger partial charge in [-0.15, -0.1) is 0 Å². The molecule has 1 aliphatic heterocycles. The van der Waals surface area contributed by atoms with E-state index >= 15 is 0 Å². The van der Waals surface area contributed by atoms with Crippen LogP contribution < -0.4 is 5.73 Å². The lowest BCUT2D eigenvalue weighted by atomic mass is 10.1. The van der Waals surface area contributed by atoms with E-state index in [0.29, 0.717) is 11.2 Å². The number of nitrogens with two attached hydrogens (primary N) is 1. The van der Waals surface area contributed by atoms with Crippen molar-refractivity contribution in [2.75, 3.05) is 12.3 Å². The van der Waals surface area contributed by atoms with Crippen molar-refractivity contribution >= 4 is 29.3 Å². The minimum absolute atomic E-state index is 0. The van der Waals surface area contributed by atoms with E-state index < -0.39 is 31.1 Å². The number of aliphatic hydroxyl groups excluding tert-OH is 3. The van der Waals surface area contributed by atoms with E-state index in [-0.39, 0.29) is 16.1 Å². The highest BCUT2D eigenvalue weighted by Gasteiger charge is 2.43. The first-order valence-corrected chi connectivity index (χ1v) is 6.28. The summed E-state index contributed by atoms with van der Waals surface area (Å²) in [5, 5.41) is 28.9. The molecular weight excluding hydrogens is 302 g/mol. The van der Waals surface area contributed by atoms with Gasteiger partial charge in [-0.1, -0.05) is 12.2 Å². The fourth-order valence-corrected chi connectivity index (χ4v) is 2.50. The maximum atomic E-state index is 10.0. The number of aromatic amines is 1. The number of hydrogen-bond acceptors (Lipinski definition) is 8. The van der Waals surface area contributed by atoms with E-state index in [4.69, 9.17) is 27.8 Å². The summed E-state index contributed by atoms with van der Waals surface area (Å²) in [7, 11) is 0. The highest BCUT2D eigenvalue weighted by atomic mass is 32.1. The number of nitrogens with zero attached hydrogens (tertiary/aromatic N) is 3. The topological polar surface area (TPSA) is 174 Å². The first-order valence-electron chi connectivity index (χ1n) is 5.87. The molecule has 0 radical (unpaired) electrons. The fraction of sp³-hybridized carbons (Fsp3) is 0.500. The molecule has 11 heteroatoms. The first-order chi connectivity index (χ1) is 9.52. The van der Waals surface area contributed by atoms with Crippen molar-refractivity contribution in [3.63, 3.8) is 0 Å². The van der Waals surface area contributed by atoms with Gasteiger partial charge in [-0.2, -0.15) is 0 Å².